The summed E-state index contributed by atoms with van der Waals surface area (Å²) in [6.45, 7) is -0.448. The van der Waals surface area contributed by atoms with Gasteiger partial charge in [0, 0.05) is 0 Å². The molecule has 0 unspecified atom stereocenters. The Bertz CT molecular complexity index is 718. The number of nitrogens with zero attached hydrogens (tertiary/aromatic N) is 2. The number of carbonyl (C=O) groups excluding carboxylic acids is 1. The number of carboxylic acid groups (broad SMARTS) is 2. The smallest absolute Gasteiger partial charge is 0.341 e. The zero-order chi connectivity index (χ0) is 17.5. The highest BCUT2D eigenvalue weighted by atomic mass is 32.2. The van der Waals surface area contributed by atoms with Gasteiger partial charge in [-0.2, -0.15) is 5.10 Å². The summed E-state index contributed by atoms with van der Waals surface area (Å²) in [5.74, 6) is -2.18. The van der Waals surface area contributed by atoms with Gasteiger partial charge >= 0.3 is 11.9 Å². The van der Waals surface area contributed by atoms with Gasteiger partial charge in [-0.15, -0.1) is 5.10 Å². The van der Waals surface area contributed by atoms with Crippen LogP contribution in [0.2, 0.25) is 0 Å². The standard InChI is InChI=1S/C14H13N3O6S/c18-11(19)5-10-13(22)16-14(24-10)17-15-6-8-2-1-3-9(4-8)23-7-12(20)21/h1-4,6,10H,5,7H2,(H,18,19)(H,20,21)(H,16,17,22)/b15-6-/t10-/m0/s1. The molecule has 1 heterocycles. The van der Waals surface area contributed by atoms with E-state index in [1.807, 2.05) is 0 Å². The van der Waals surface area contributed by atoms with Crippen molar-refractivity contribution in [2.45, 2.75) is 11.7 Å². The highest BCUT2D eigenvalue weighted by molar-refractivity contribution is 8.15. The average molecular weight is 351 g/mol. The number of ether oxygens (including phenoxy) is 1. The molecule has 10 heteroatoms. The first kappa shape index (κ1) is 17.5. The monoisotopic (exact) mass is 351 g/mol. The summed E-state index contributed by atoms with van der Waals surface area (Å²) in [4.78, 5) is 32.6. The van der Waals surface area contributed by atoms with Crippen molar-refractivity contribution in [3.63, 3.8) is 0 Å². The van der Waals surface area contributed by atoms with E-state index < -0.39 is 29.7 Å². The number of carboxylic acids is 2. The van der Waals surface area contributed by atoms with E-state index in [-0.39, 0.29) is 11.6 Å². The Hall–Kier alpha value is -2.88. The van der Waals surface area contributed by atoms with Crippen LogP contribution >= 0.6 is 11.8 Å². The van der Waals surface area contributed by atoms with E-state index in [4.69, 9.17) is 14.9 Å². The highest BCUT2D eigenvalue weighted by Gasteiger charge is 2.32. The fourth-order valence-corrected chi connectivity index (χ4v) is 2.64. The van der Waals surface area contributed by atoms with E-state index in [2.05, 4.69) is 15.5 Å². The lowest BCUT2D eigenvalue weighted by atomic mass is 10.2. The molecule has 0 aliphatic carbocycles. The predicted octanol–water partition coefficient (Wildman–Crippen LogP) is 0.546. The number of rotatable bonds is 7. The molecule has 0 bridgehead atoms. The van der Waals surface area contributed by atoms with Crippen LogP contribution in [0.3, 0.4) is 0 Å². The number of aliphatic carboxylic acids is 2. The minimum Gasteiger partial charge on any atom is -0.482 e. The zero-order valence-electron chi connectivity index (χ0n) is 12.2. The van der Waals surface area contributed by atoms with Gasteiger partial charge in [-0.1, -0.05) is 23.9 Å². The predicted molar refractivity (Wildman–Crippen MR) is 86.4 cm³/mol. The third kappa shape index (κ3) is 5.39. The maximum Gasteiger partial charge on any atom is 0.341 e. The number of nitrogens with one attached hydrogen (secondary N) is 1. The molecule has 0 spiro atoms. The second-order valence-electron chi connectivity index (χ2n) is 4.60. The Morgan fingerprint density at radius 1 is 1.33 bits per heavy atom. The van der Waals surface area contributed by atoms with Crippen LogP contribution in [-0.4, -0.2) is 51.3 Å². The maximum absolute atomic E-state index is 11.5. The molecule has 1 aliphatic rings. The Morgan fingerprint density at radius 2 is 2.12 bits per heavy atom. The van der Waals surface area contributed by atoms with Crippen LogP contribution in [-0.2, 0) is 14.4 Å². The summed E-state index contributed by atoms with van der Waals surface area (Å²) in [6, 6.07) is 6.57. The minimum atomic E-state index is -1.08. The Labute approximate surface area is 140 Å². The van der Waals surface area contributed by atoms with Gasteiger partial charge < -0.3 is 20.3 Å². The van der Waals surface area contributed by atoms with Crippen molar-refractivity contribution in [3.05, 3.63) is 29.8 Å². The SMILES string of the molecule is O=C(O)COc1cccc(/C=N\N=C2/NC(=O)[C@H](CC(=O)O)S2)c1. The second-order valence-corrected chi connectivity index (χ2v) is 5.79. The molecule has 1 aromatic carbocycles. The van der Waals surface area contributed by atoms with Gasteiger partial charge in [-0.3, -0.25) is 9.59 Å². The van der Waals surface area contributed by atoms with Gasteiger partial charge in [-0.25, -0.2) is 4.79 Å². The summed E-state index contributed by atoms with van der Waals surface area (Å²) in [5, 5.41) is 26.8. The molecule has 0 radical (unpaired) electrons. The molecule has 24 heavy (non-hydrogen) atoms. The molecular weight excluding hydrogens is 338 g/mol. The maximum atomic E-state index is 11.5. The lowest BCUT2D eigenvalue weighted by molar-refractivity contribution is -0.139. The number of hydrogen-bond donors (Lipinski definition) is 3. The van der Waals surface area contributed by atoms with Gasteiger partial charge in [0.25, 0.3) is 0 Å². The van der Waals surface area contributed by atoms with Crippen LogP contribution in [0.4, 0.5) is 0 Å². The quantitative estimate of drug-likeness (QED) is 0.481. The minimum absolute atomic E-state index is 0.223. The van der Waals surface area contributed by atoms with Crippen molar-refractivity contribution in [2.75, 3.05) is 6.61 Å². The van der Waals surface area contributed by atoms with Crippen molar-refractivity contribution in [2.24, 2.45) is 10.2 Å². The van der Waals surface area contributed by atoms with E-state index >= 15 is 0 Å². The molecule has 1 amide bonds. The van der Waals surface area contributed by atoms with Crippen molar-refractivity contribution in [1.29, 1.82) is 0 Å². The van der Waals surface area contributed by atoms with E-state index in [1.165, 1.54) is 6.21 Å². The third-order valence-corrected chi connectivity index (χ3v) is 3.78. The van der Waals surface area contributed by atoms with Gasteiger partial charge in [0.05, 0.1) is 12.6 Å². The first-order valence-electron chi connectivity index (χ1n) is 6.69. The van der Waals surface area contributed by atoms with Crippen LogP contribution in [0.15, 0.2) is 34.5 Å². The molecular formula is C14H13N3O6S. The number of amidine groups is 1. The normalized spacial score (nSPS) is 18.8. The molecule has 1 fully saturated rings. The summed E-state index contributed by atoms with van der Waals surface area (Å²) < 4.78 is 5.04. The summed E-state index contributed by atoms with van der Waals surface area (Å²) in [7, 11) is 0. The average Bonchev–Trinajstić information content (AvgIpc) is 2.85. The van der Waals surface area contributed by atoms with E-state index in [1.54, 1.807) is 24.3 Å². The molecule has 3 N–H and O–H groups in total. The fraction of sp³-hybridized carbons (Fsp3) is 0.214. The second kappa shape index (κ2) is 8.11. The van der Waals surface area contributed by atoms with Gasteiger partial charge in [0.15, 0.2) is 11.8 Å². The van der Waals surface area contributed by atoms with Crippen molar-refractivity contribution in [3.8, 4) is 5.75 Å². The fourth-order valence-electron chi connectivity index (χ4n) is 1.72. The number of hydrogen-bond acceptors (Lipinski definition) is 7. The van der Waals surface area contributed by atoms with Crippen molar-refractivity contribution >= 4 is 41.0 Å². The topological polar surface area (TPSA) is 138 Å². The van der Waals surface area contributed by atoms with Crippen LogP contribution in [0.5, 0.6) is 5.75 Å². The molecule has 1 aliphatic heterocycles. The lowest BCUT2D eigenvalue weighted by Gasteiger charge is -2.02. The van der Waals surface area contributed by atoms with E-state index in [0.29, 0.717) is 11.3 Å². The zero-order valence-corrected chi connectivity index (χ0v) is 13.0. The lowest BCUT2D eigenvalue weighted by Crippen LogP contribution is -2.26. The Morgan fingerprint density at radius 3 is 2.83 bits per heavy atom. The van der Waals surface area contributed by atoms with Crippen LogP contribution in [0.1, 0.15) is 12.0 Å². The molecule has 1 aromatic rings. The number of carbonyl (C=O) groups is 3. The highest BCUT2D eigenvalue weighted by Crippen LogP contribution is 2.22. The Kier molecular flexibility index (Phi) is 5.90. The molecule has 0 aromatic heterocycles. The number of amides is 1. The van der Waals surface area contributed by atoms with Crippen molar-refractivity contribution < 1.29 is 29.3 Å². The summed E-state index contributed by atoms with van der Waals surface area (Å²) in [6.07, 6.45) is 1.11. The van der Waals surface area contributed by atoms with Crippen LogP contribution in [0.25, 0.3) is 0 Å². The van der Waals surface area contributed by atoms with Gasteiger partial charge in [-0.05, 0) is 17.7 Å². The largest absolute Gasteiger partial charge is 0.482 e. The number of benzene rings is 1. The van der Waals surface area contributed by atoms with E-state index in [0.717, 1.165) is 11.8 Å². The summed E-state index contributed by atoms with van der Waals surface area (Å²) in [5.41, 5.74) is 0.624. The van der Waals surface area contributed by atoms with Crippen molar-refractivity contribution in [1.82, 2.24) is 5.32 Å². The van der Waals surface area contributed by atoms with E-state index in [9.17, 15) is 14.4 Å². The first-order valence-corrected chi connectivity index (χ1v) is 7.57. The molecule has 0 saturated carbocycles. The Balaban J connectivity index is 1.96. The number of thioether (sulfide) groups is 1. The van der Waals surface area contributed by atoms with Gasteiger partial charge in [0.2, 0.25) is 5.91 Å². The third-order valence-electron chi connectivity index (χ3n) is 2.71. The molecule has 1 atom stereocenters. The molecule has 126 valence electrons. The molecule has 1 saturated heterocycles. The van der Waals surface area contributed by atoms with Crippen LogP contribution < -0.4 is 10.1 Å². The summed E-state index contributed by atoms with van der Waals surface area (Å²) >= 11 is 1.00. The molecule has 2 rings (SSSR count). The van der Waals surface area contributed by atoms with Crippen LogP contribution in [0, 0.1) is 0 Å². The van der Waals surface area contributed by atoms with Gasteiger partial charge in [0.1, 0.15) is 11.0 Å². The first-order chi connectivity index (χ1) is 11.4. The molecule has 9 nitrogen and oxygen atoms in total.